The van der Waals surface area contributed by atoms with Crippen molar-refractivity contribution in [3.8, 4) is 44.9 Å². The van der Waals surface area contributed by atoms with Crippen LogP contribution in [0.5, 0.6) is 0 Å². The molecule has 276 valence electrons. The summed E-state index contributed by atoms with van der Waals surface area (Å²) in [5.74, 6) is 0.736. The lowest BCUT2D eigenvalue weighted by molar-refractivity contribution is 0.660. The van der Waals surface area contributed by atoms with Gasteiger partial charge in [-0.05, 0) is 107 Å². The molecule has 2 aromatic heterocycles. The summed E-state index contributed by atoms with van der Waals surface area (Å²) in [4.78, 5) is 12.7. The summed E-state index contributed by atoms with van der Waals surface area (Å²) in [6, 6.07) is 65.8. The summed E-state index contributed by atoms with van der Waals surface area (Å²) in [7, 11) is 0. The van der Waals surface area contributed by atoms with Crippen LogP contribution in [0.25, 0.3) is 76.0 Å². The van der Waals surface area contributed by atoms with E-state index in [0.717, 1.165) is 50.6 Å². The van der Waals surface area contributed by atoms with Crippen molar-refractivity contribution in [3.63, 3.8) is 0 Å². The van der Waals surface area contributed by atoms with E-state index in [2.05, 4.69) is 189 Å². The largest absolute Gasteiger partial charge is 0.310 e. The fourth-order valence-electron chi connectivity index (χ4n) is 9.12. The van der Waals surface area contributed by atoms with Crippen LogP contribution in [0.2, 0.25) is 0 Å². The smallest absolute Gasteiger partial charge is 0.160 e. The Morgan fingerprint density at radius 1 is 0.483 bits per heavy atom. The fraction of sp³-hybridized carbons (Fsp3) is 0.0741. The number of rotatable bonds is 6. The Morgan fingerprint density at radius 3 is 2.03 bits per heavy atom. The van der Waals surface area contributed by atoms with Gasteiger partial charge in [-0.1, -0.05) is 135 Å². The highest BCUT2D eigenvalue weighted by atomic mass is 32.1. The first-order valence-electron chi connectivity index (χ1n) is 19.9. The molecule has 10 aromatic rings. The number of hydrogen-bond acceptors (Lipinski definition) is 4. The molecule has 3 nitrogen and oxygen atoms in total. The molecule has 1 aliphatic carbocycles. The van der Waals surface area contributed by atoms with Crippen molar-refractivity contribution in [2.24, 2.45) is 0 Å². The second-order valence-electron chi connectivity index (χ2n) is 15.8. The summed E-state index contributed by atoms with van der Waals surface area (Å²) in [5, 5.41) is 3.53. The maximum atomic E-state index is 5.27. The van der Waals surface area contributed by atoms with E-state index in [4.69, 9.17) is 9.97 Å². The molecule has 58 heavy (non-hydrogen) atoms. The molecule has 0 amide bonds. The van der Waals surface area contributed by atoms with Gasteiger partial charge in [0.15, 0.2) is 5.82 Å². The Labute approximate surface area is 342 Å². The lowest BCUT2D eigenvalue weighted by Crippen LogP contribution is -2.16. The minimum Gasteiger partial charge on any atom is -0.310 e. The zero-order chi connectivity index (χ0) is 39.0. The van der Waals surface area contributed by atoms with Gasteiger partial charge < -0.3 is 4.90 Å². The number of thiophene rings is 1. The van der Waals surface area contributed by atoms with Crippen molar-refractivity contribution in [3.05, 3.63) is 199 Å². The summed E-state index contributed by atoms with van der Waals surface area (Å²) >= 11 is 1.84. The third kappa shape index (κ3) is 5.48. The Bertz CT molecular complexity index is 3220. The van der Waals surface area contributed by atoms with Crippen LogP contribution >= 0.6 is 11.3 Å². The second-order valence-corrected chi connectivity index (χ2v) is 16.9. The first-order valence-corrected chi connectivity index (χ1v) is 20.7. The molecule has 11 rings (SSSR count). The van der Waals surface area contributed by atoms with Crippen LogP contribution in [-0.2, 0) is 5.41 Å². The zero-order valence-electron chi connectivity index (χ0n) is 32.6. The molecule has 0 atom stereocenters. The molecule has 0 saturated heterocycles. The molecule has 0 spiro atoms. The van der Waals surface area contributed by atoms with Gasteiger partial charge in [-0.15, -0.1) is 11.3 Å². The van der Waals surface area contributed by atoms with E-state index in [0.29, 0.717) is 0 Å². The first-order chi connectivity index (χ1) is 28.4. The van der Waals surface area contributed by atoms with E-state index in [9.17, 15) is 0 Å². The number of benzene rings is 8. The summed E-state index contributed by atoms with van der Waals surface area (Å²) in [6.45, 7) is 6.94. The molecule has 0 radical (unpaired) electrons. The third-order valence-corrected chi connectivity index (χ3v) is 13.1. The van der Waals surface area contributed by atoms with Crippen LogP contribution in [0.15, 0.2) is 182 Å². The number of para-hydroxylation sites is 2. The van der Waals surface area contributed by atoms with Crippen LogP contribution in [0.4, 0.5) is 17.1 Å². The molecule has 0 aliphatic heterocycles. The third-order valence-electron chi connectivity index (χ3n) is 12.0. The molecule has 1 aliphatic rings. The van der Waals surface area contributed by atoms with Gasteiger partial charge >= 0.3 is 0 Å². The Morgan fingerprint density at radius 2 is 1.19 bits per heavy atom. The Kier molecular flexibility index (Phi) is 7.92. The molecule has 0 fully saturated rings. The van der Waals surface area contributed by atoms with Crippen molar-refractivity contribution in [2.45, 2.75) is 26.2 Å². The zero-order valence-corrected chi connectivity index (χ0v) is 33.4. The molecule has 0 unspecified atom stereocenters. The molecular formula is C54H39N3S. The quantitative estimate of drug-likeness (QED) is 0.169. The van der Waals surface area contributed by atoms with Gasteiger partial charge in [0.05, 0.1) is 11.2 Å². The SMILES string of the molecule is Cc1cc(-c2ccc3sc4cccc(-c5nc(-c6ccccc6)nc6ccccc56)c4c3c2)ccc1N(c1ccccc1)c1ccc2c(c1)C(C)(C)c1ccccc1-2. The Balaban J connectivity index is 1.03. The maximum absolute atomic E-state index is 5.27. The number of aryl methyl sites for hydroxylation is 1. The minimum absolute atomic E-state index is 0.0850. The topological polar surface area (TPSA) is 29.0 Å². The molecule has 4 heteroatoms. The first kappa shape index (κ1) is 34.4. The van der Waals surface area contributed by atoms with Crippen molar-refractivity contribution < 1.29 is 0 Å². The van der Waals surface area contributed by atoms with E-state index >= 15 is 0 Å². The van der Waals surface area contributed by atoms with Crippen LogP contribution in [0, 0.1) is 6.92 Å². The normalized spacial score (nSPS) is 12.9. The number of anilines is 3. The fourth-order valence-corrected chi connectivity index (χ4v) is 10.2. The van der Waals surface area contributed by atoms with Gasteiger partial charge in [-0.3, -0.25) is 0 Å². The highest BCUT2D eigenvalue weighted by Gasteiger charge is 2.35. The van der Waals surface area contributed by atoms with Gasteiger partial charge in [-0.2, -0.15) is 0 Å². The number of nitrogens with zero attached hydrogens (tertiary/aromatic N) is 3. The lowest BCUT2D eigenvalue weighted by Gasteiger charge is -2.29. The van der Waals surface area contributed by atoms with Crippen LogP contribution < -0.4 is 4.90 Å². The predicted octanol–water partition coefficient (Wildman–Crippen LogP) is 15.1. The van der Waals surface area contributed by atoms with Gasteiger partial charge in [0, 0.05) is 59.2 Å². The lowest BCUT2D eigenvalue weighted by atomic mass is 9.82. The molecule has 0 saturated carbocycles. The van der Waals surface area contributed by atoms with Gasteiger partial charge in [0.1, 0.15) is 0 Å². The standard InChI is InChI=1S/C54H39N3S/c1-34-31-36(25-29-48(34)57(38-17-8-5-9-18-38)39-27-28-41-40-19-10-12-22-45(40)54(2,3)46(41)33-39)37-26-30-49-44(32-37)51-43(21-14-24-50(51)58-49)52-42-20-11-13-23-47(42)55-53(56-52)35-15-6-4-7-16-35/h4-33H,1-3H3. The number of fused-ring (bicyclic) bond motifs is 7. The molecule has 0 bridgehead atoms. The molecular weight excluding hydrogens is 723 g/mol. The summed E-state index contributed by atoms with van der Waals surface area (Å²) in [6.07, 6.45) is 0. The monoisotopic (exact) mass is 761 g/mol. The minimum atomic E-state index is -0.0850. The second kappa shape index (κ2) is 13.4. The van der Waals surface area contributed by atoms with E-state index in [1.54, 1.807) is 0 Å². The summed E-state index contributed by atoms with van der Waals surface area (Å²) < 4.78 is 2.51. The van der Waals surface area contributed by atoms with E-state index in [1.165, 1.54) is 59.1 Å². The molecule has 8 aromatic carbocycles. The van der Waals surface area contributed by atoms with Crippen LogP contribution in [-0.4, -0.2) is 9.97 Å². The molecule has 2 heterocycles. The van der Waals surface area contributed by atoms with Crippen molar-refractivity contribution >= 4 is 59.5 Å². The molecule has 0 N–H and O–H groups in total. The Hall–Kier alpha value is -6.88. The van der Waals surface area contributed by atoms with Crippen LogP contribution in [0.3, 0.4) is 0 Å². The van der Waals surface area contributed by atoms with E-state index in [-0.39, 0.29) is 5.41 Å². The predicted molar refractivity (Wildman–Crippen MR) is 246 cm³/mol. The van der Waals surface area contributed by atoms with Gasteiger partial charge in [0.2, 0.25) is 0 Å². The van der Waals surface area contributed by atoms with E-state index in [1.807, 2.05) is 29.5 Å². The average molecular weight is 762 g/mol. The highest BCUT2D eigenvalue weighted by Crippen LogP contribution is 2.51. The number of aromatic nitrogens is 2. The van der Waals surface area contributed by atoms with Gasteiger partial charge in [0.25, 0.3) is 0 Å². The maximum Gasteiger partial charge on any atom is 0.160 e. The van der Waals surface area contributed by atoms with Crippen molar-refractivity contribution in [2.75, 3.05) is 4.90 Å². The van der Waals surface area contributed by atoms with E-state index < -0.39 is 0 Å². The summed E-state index contributed by atoms with van der Waals surface area (Å²) in [5.41, 5.74) is 16.4. The van der Waals surface area contributed by atoms with Crippen molar-refractivity contribution in [1.82, 2.24) is 9.97 Å². The highest BCUT2D eigenvalue weighted by molar-refractivity contribution is 7.26. The average Bonchev–Trinajstić information content (AvgIpc) is 3.76. The van der Waals surface area contributed by atoms with Gasteiger partial charge in [-0.25, -0.2) is 9.97 Å². The van der Waals surface area contributed by atoms with Crippen molar-refractivity contribution in [1.29, 1.82) is 0 Å². The van der Waals surface area contributed by atoms with Crippen LogP contribution in [0.1, 0.15) is 30.5 Å². The number of hydrogen-bond donors (Lipinski definition) is 0.